The standard InChI is InChI=1S/C16H24Cl2N2/c1-4-12-10-19-16(5-2,6-3)11-20(12)15-13(17)8-7-9-14(15)18/h7-9,12,19H,4-6,10-11H2,1-3H3. The van der Waals surface area contributed by atoms with Crippen LogP contribution in [0.1, 0.15) is 40.0 Å². The summed E-state index contributed by atoms with van der Waals surface area (Å²) in [6.45, 7) is 8.65. The second-order valence-electron chi connectivity index (χ2n) is 5.63. The number of piperazine rings is 1. The molecule has 2 rings (SSSR count). The Morgan fingerprint density at radius 2 is 1.80 bits per heavy atom. The average Bonchev–Trinajstić information content (AvgIpc) is 2.47. The molecule has 0 radical (unpaired) electrons. The minimum Gasteiger partial charge on any atom is -0.363 e. The minimum atomic E-state index is 0.161. The summed E-state index contributed by atoms with van der Waals surface area (Å²) >= 11 is 12.8. The third kappa shape index (κ3) is 2.93. The zero-order valence-corrected chi connectivity index (χ0v) is 14.1. The fourth-order valence-corrected chi connectivity index (χ4v) is 3.68. The molecule has 1 N–H and O–H groups in total. The fraction of sp³-hybridized carbons (Fsp3) is 0.625. The number of rotatable bonds is 4. The summed E-state index contributed by atoms with van der Waals surface area (Å²) in [5, 5.41) is 5.24. The smallest absolute Gasteiger partial charge is 0.0748 e. The van der Waals surface area contributed by atoms with E-state index in [0.717, 1.165) is 48.1 Å². The van der Waals surface area contributed by atoms with Crippen LogP contribution in [0.2, 0.25) is 10.0 Å². The van der Waals surface area contributed by atoms with Crippen molar-refractivity contribution in [2.75, 3.05) is 18.0 Å². The maximum Gasteiger partial charge on any atom is 0.0748 e. The topological polar surface area (TPSA) is 15.3 Å². The van der Waals surface area contributed by atoms with Gasteiger partial charge in [-0.05, 0) is 31.4 Å². The predicted molar refractivity (Wildman–Crippen MR) is 89.2 cm³/mol. The van der Waals surface area contributed by atoms with Crippen LogP contribution in [-0.4, -0.2) is 24.7 Å². The molecule has 1 unspecified atom stereocenters. The summed E-state index contributed by atoms with van der Waals surface area (Å²) in [5.41, 5.74) is 1.16. The lowest BCUT2D eigenvalue weighted by atomic mass is 9.87. The SMILES string of the molecule is CCC1CNC(CC)(CC)CN1c1c(Cl)cccc1Cl. The molecular weight excluding hydrogens is 291 g/mol. The number of nitrogens with zero attached hydrogens (tertiary/aromatic N) is 1. The number of hydrogen-bond acceptors (Lipinski definition) is 2. The molecule has 1 fully saturated rings. The van der Waals surface area contributed by atoms with Gasteiger partial charge in [0, 0.05) is 24.7 Å². The molecule has 0 amide bonds. The van der Waals surface area contributed by atoms with Crippen molar-refractivity contribution in [3.63, 3.8) is 0 Å². The molecule has 1 aliphatic rings. The monoisotopic (exact) mass is 314 g/mol. The number of anilines is 1. The van der Waals surface area contributed by atoms with Crippen molar-refractivity contribution < 1.29 is 0 Å². The van der Waals surface area contributed by atoms with Crippen molar-refractivity contribution in [3.05, 3.63) is 28.2 Å². The molecular formula is C16H24Cl2N2. The molecule has 0 aromatic heterocycles. The van der Waals surface area contributed by atoms with Crippen LogP contribution in [0, 0.1) is 0 Å². The molecule has 20 heavy (non-hydrogen) atoms. The maximum absolute atomic E-state index is 6.42. The first-order valence-electron chi connectivity index (χ1n) is 7.52. The van der Waals surface area contributed by atoms with Crippen molar-refractivity contribution >= 4 is 28.9 Å². The Labute approximate surface area is 132 Å². The Morgan fingerprint density at radius 3 is 2.30 bits per heavy atom. The van der Waals surface area contributed by atoms with E-state index in [0.29, 0.717) is 6.04 Å². The van der Waals surface area contributed by atoms with Crippen molar-refractivity contribution in [3.8, 4) is 0 Å². The van der Waals surface area contributed by atoms with Gasteiger partial charge in [0.25, 0.3) is 0 Å². The average molecular weight is 315 g/mol. The quantitative estimate of drug-likeness (QED) is 0.863. The third-order valence-corrected chi connectivity index (χ3v) is 5.29. The van der Waals surface area contributed by atoms with Crippen molar-refractivity contribution in [2.24, 2.45) is 0 Å². The second kappa shape index (κ2) is 6.55. The number of halogens is 2. The first kappa shape index (κ1) is 15.9. The normalized spacial score (nSPS) is 22.1. The molecule has 1 atom stereocenters. The largest absolute Gasteiger partial charge is 0.363 e. The lowest BCUT2D eigenvalue weighted by Crippen LogP contribution is -2.64. The van der Waals surface area contributed by atoms with Gasteiger partial charge in [-0.25, -0.2) is 0 Å². The van der Waals surface area contributed by atoms with Gasteiger partial charge in [0.15, 0.2) is 0 Å². The molecule has 112 valence electrons. The van der Waals surface area contributed by atoms with Gasteiger partial charge in [-0.1, -0.05) is 50.0 Å². The van der Waals surface area contributed by atoms with E-state index in [1.54, 1.807) is 0 Å². The predicted octanol–water partition coefficient (Wildman–Crippen LogP) is 4.74. The van der Waals surface area contributed by atoms with Gasteiger partial charge in [-0.2, -0.15) is 0 Å². The summed E-state index contributed by atoms with van der Waals surface area (Å²) in [5.74, 6) is 0. The van der Waals surface area contributed by atoms with Crippen LogP contribution in [-0.2, 0) is 0 Å². The van der Waals surface area contributed by atoms with Crippen LogP contribution in [0.25, 0.3) is 0 Å². The summed E-state index contributed by atoms with van der Waals surface area (Å²) in [4.78, 5) is 2.41. The summed E-state index contributed by atoms with van der Waals surface area (Å²) in [7, 11) is 0. The van der Waals surface area contributed by atoms with Crippen LogP contribution in [0.4, 0.5) is 5.69 Å². The van der Waals surface area contributed by atoms with E-state index in [4.69, 9.17) is 23.2 Å². The van der Waals surface area contributed by atoms with E-state index < -0.39 is 0 Å². The van der Waals surface area contributed by atoms with E-state index in [-0.39, 0.29) is 5.54 Å². The van der Waals surface area contributed by atoms with Gasteiger partial charge in [0.1, 0.15) is 0 Å². The van der Waals surface area contributed by atoms with Crippen LogP contribution in [0.3, 0.4) is 0 Å². The third-order valence-electron chi connectivity index (χ3n) is 4.68. The molecule has 0 aliphatic carbocycles. The van der Waals surface area contributed by atoms with Gasteiger partial charge in [-0.3, -0.25) is 0 Å². The van der Waals surface area contributed by atoms with Gasteiger partial charge in [-0.15, -0.1) is 0 Å². The molecule has 0 saturated carbocycles. The molecule has 1 saturated heterocycles. The number of hydrogen-bond donors (Lipinski definition) is 1. The highest BCUT2D eigenvalue weighted by Crippen LogP contribution is 2.38. The second-order valence-corrected chi connectivity index (χ2v) is 6.44. The van der Waals surface area contributed by atoms with E-state index in [1.807, 2.05) is 18.2 Å². The van der Waals surface area contributed by atoms with Gasteiger partial charge in [0.05, 0.1) is 15.7 Å². The summed E-state index contributed by atoms with van der Waals surface area (Å²) in [6, 6.07) is 6.21. The van der Waals surface area contributed by atoms with Crippen LogP contribution in [0.15, 0.2) is 18.2 Å². The molecule has 2 nitrogen and oxygen atoms in total. The summed E-state index contributed by atoms with van der Waals surface area (Å²) < 4.78 is 0. The highest BCUT2D eigenvalue weighted by Gasteiger charge is 2.37. The Kier molecular flexibility index (Phi) is 5.22. The molecule has 1 aromatic rings. The first-order valence-corrected chi connectivity index (χ1v) is 8.28. The Hall–Kier alpha value is -0.440. The molecule has 1 heterocycles. The first-order chi connectivity index (χ1) is 9.56. The summed E-state index contributed by atoms with van der Waals surface area (Å²) in [6.07, 6.45) is 3.30. The van der Waals surface area contributed by atoms with Crippen LogP contribution >= 0.6 is 23.2 Å². The van der Waals surface area contributed by atoms with E-state index >= 15 is 0 Å². The zero-order chi connectivity index (χ0) is 14.8. The van der Waals surface area contributed by atoms with Gasteiger partial charge in [0.2, 0.25) is 0 Å². The highest BCUT2D eigenvalue weighted by molar-refractivity contribution is 6.39. The van der Waals surface area contributed by atoms with Gasteiger partial charge < -0.3 is 10.2 Å². The maximum atomic E-state index is 6.42. The Morgan fingerprint density at radius 1 is 1.20 bits per heavy atom. The van der Waals surface area contributed by atoms with Crippen LogP contribution in [0.5, 0.6) is 0 Å². The Bertz CT molecular complexity index is 438. The lowest BCUT2D eigenvalue weighted by molar-refractivity contribution is 0.246. The lowest BCUT2D eigenvalue weighted by Gasteiger charge is -2.49. The van der Waals surface area contributed by atoms with E-state index in [1.165, 1.54) is 0 Å². The number of para-hydroxylation sites is 1. The zero-order valence-electron chi connectivity index (χ0n) is 12.5. The van der Waals surface area contributed by atoms with E-state index in [2.05, 4.69) is 31.0 Å². The molecule has 4 heteroatoms. The molecule has 1 aromatic carbocycles. The highest BCUT2D eigenvalue weighted by atomic mass is 35.5. The molecule has 1 aliphatic heterocycles. The van der Waals surface area contributed by atoms with Gasteiger partial charge >= 0.3 is 0 Å². The van der Waals surface area contributed by atoms with E-state index in [9.17, 15) is 0 Å². The van der Waals surface area contributed by atoms with Crippen LogP contribution < -0.4 is 10.2 Å². The fourth-order valence-electron chi connectivity index (χ4n) is 3.07. The van der Waals surface area contributed by atoms with Crippen molar-refractivity contribution in [2.45, 2.75) is 51.6 Å². The van der Waals surface area contributed by atoms with Crippen molar-refractivity contribution in [1.82, 2.24) is 5.32 Å². The number of benzene rings is 1. The minimum absolute atomic E-state index is 0.161. The molecule has 0 bridgehead atoms. The molecule has 0 spiro atoms. The van der Waals surface area contributed by atoms with Crippen molar-refractivity contribution in [1.29, 1.82) is 0 Å². The Balaban J connectivity index is 2.39. The number of nitrogens with one attached hydrogen (secondary N) is 1.